The van der Waals surface area contributed by atoms with Crippen LogP contribution in [0.15, 0.2) is 103 Å². The maximum atomic E-state index is 9.37. The highest BCUT2D eigenvalue weighted by Gasteiger charge is 2.06. The highest BCUT2D eigenvalue weighted by molar-refractivity contribution is 6.22. The Morgan fingerprint density at radius 3 is 1.30 bits per heavy atom. The summed E-state index contributed by atoms with van der Waals surface area (Å²) < 4.78 is 0. The van der Waals surface area contributed by atoms with Crippen molar-refractivity contribution in [1.82, 2.24) is 0 Å². The number of phenolic OH excluding ortho intramolecular Hbond substituents is 1. The zero-order chi connectivity index (χ0) is 18.2. The van der Waals surface area contributed by atoms with E-state index in [0.29, 0.717) is 5.75 Å². The molecule has 6 aromatic carbocycles. The SMILES string of the molecule is Oc1cccc2ccccc12.c1cc2ccc3cccc4ccc(c1)c2c34. The molecule has 6 aromatic rings. The number of hydrogen-bond donors (Lipinski definition) is 1. The van der Waals surface area contributed by atoms with Crippen LogP contribution in [-0.4, -0.2) is 5.11 Å². The van der Waals surface area contributed by atoms with Crippen LogP contribution in [-0.2, 0) is 0 Å². The zero-order valence-electron chi connectivity index (χ0n) is 14.8. The lowest BCUT2D eigenvalue weighted by Crippen LogP contribution is -1.82. The molecule has 128 valence electrons. The molecule has 0 heterocycles. The topological polar surface area (TPSA) is 20.2 Å². The first-order valence-corrected chi connectivity index (χ1v) is 9.10. The monoisotopic (exact) mass is 346 g/mol. The molecule has 1 N–H and O–H groups in total. The van der Waals surface area contributed by atoms with Crippen molar-refractivity contribution in [3.05, 3.63) is 103 Å². The van der Waals surface area contributed by atoms with Gasteiger partial charge in [0.1, 0.15) is 5.75 Å². The summed E-state index contributed by atoms with van der Waals surface area (Å²) >= 11 is 0. The molecular weight excluding hydrogens is 328 g/mol. The van der Waals surface area contributed by atoms with Crippen molar-refractivity contribution in [1.29, 1.82) is 0 Å². The summed E-state index contributed by atoms with van der Waals surface area (Å²) in [5.74, 6) is 0.350. The summed E-state index contributed by atoms with van der Waals surface area (Å²) in [5.41, 5.74) is 0. The van der Waals surface area contributed by atoms with Gasteiger partial charge in [-0.25, -0.2) is 0 Å². The van der Waals surface area contributed by atoms with Gasteiger partial charge in [0.05, 0.1) is 0 Å². The Hall–Kier alpha value is -3.58. The van der Waals surface area contributed by atoms with E-state index in [1.807, 2.05) is 36.4 Å². The molecule has 0 aliphatic rings. The average Bonchev–Trinajstić information content (AvgIpc) is 2.73. The van der Waals surface area contributed by atoms with E-state index in [-0.39, 0.29) is 0 Å². The van der Waals surface area contributed by atoms with Crippen LogP contribution in [0.2, 0.25) is 0 Å². The van der Waals surface area contributed by atoms with Crippen LogP contribution in [0.5, 0.6) is 5.75 Å². The van der Waals surface area contributed by atoms with Crippen LogP contribution in [0.25, 0.3) is 43.1 Å². The maximum Gasteiger partial charge on any atom is 0.123 e. The quantitative estimate of drug-likeness (QED) is 0.290. The Morgan fingerprint density at radius 2 is 0.778 bits per heavy atom. The summed E-state index contributed by atoms with van der Waals surface area (Å²) in [6, 6.07) is 35.1. The number of aromatic hydroxyl groups is 1. The lowest BCUT2D eigenvalue weighted by molar-refractivity contribution is 0.481. The lowest BCUT2D eigenvalue weighted by atomic mass is 9.95. The van der Waals surface area contributed by atoms with Crippen LogP contribution >= 0.6 is 0 Å². The molecule has 0 radical (unpaired) electrons. The summed E-state index contributed by atoms with van der Waals surface area (Å²) in [6.45, 7) is 0. The minimum Gasteiger partial charge on any atom is -0.507 e. The minimum absolute atomic E-state index is 0.350. The number of fused-ring (bicyclic) bond motifs is 1. The largest absolute Gasteiger partial charge is 0.507 e. The Kier molecular flexibility index (Phi) is 3.65. The smallest absolute Gasteiger partial charge is 0.123 e. The van der Waals surface area contributed by atoms with Crippen LogP contribution in [0.4, 0.5) is 0 Å². The standard InChI is InChI=1S/C16H10.C10H8O/c1-3-11-7-9-13-5-2-6-14-10-8-12(4-1)15(11)16(13)14;11-10-7-3-5-8-4-1-2-6-9(8)10/h1-10H;1-7,11H. The third kappa shape index (κ3) is 2.65. The van der Waals surface area contributed by atoms with E-state index in [2.05, 4.69) is 60.7 Å². The second-order valence-electron chi connectivity index (χ2n) is 6.79. The molecular formula is C26H18O. The fourth-order valence-electron chi connectivity index (χ4n) is 3.88. The summed E-state index contributed by atoms with van der Waals surface area (Å²) in [5, 5.41) is 19.5. The number of hydrogen-bond acceptors (Lipinski definition) is 1. The van der Waals surface area contributed by atoms with Gasteiger partial charge in [-0.05, 0) is 43.8 Å². The molecule has 0 aromatic heterocycles. The predicted octanol–water partition coefficient (Wildman–Crippen LogP) is 7.13. The molecule has 0 aliphatic heterocycles. The average molecular weight is 346 g/mol. The van der Waals surface area contributed by atoms with E-state index in [4.69, 9.17) is 0 Å². The second kappa shape index (κ2) is 6.30. The first-order chi connectivity index (χ1) is 13.3. The first-order valence-electron chi connectivity index (χ1n) is 9.10. The molecule has 0 aliphatic carbocycles. The highest BCUT2D eigenvalue weighted by atomic mass is 16.3. The Morgan fingerprint density at radius 1 is 0.370 bits per heavy atom. The van der Waals surface area contributed by atoms with E-state index in [1.54, 1.807) is 6.07 Å². The van der Waals surface area contributed by atoms with Crippen molar-refractivity contribution in [3.63, 3.8) is 0 Å². The van der Waals surface area contributed by atoms with Gasteiger partial charge in [-0.1, -0.05) is 97.1 Å². The van der Waals surface area contributed by atoms with Crippen LogP contribution in [0, 0.1) is 0 Å². The van der Waals surface area contributed by atoms with Gasteiger partial charge in [-0.2, -0.15) is 0 Å². The Labute approximate surface area is 157 Å². The third-order valence-electron chi connectivity index (χ3n) is 5.16. The summed E-state index contributed by atoms with van der Waals surface area (Å²) in [7, 11) is 0. The van der Waals surface area contributed by atoms with Gasteiger partial charge in [0.15, 0.2) is 0 Å². The molecule has 0 unspecified atom stereocenters. The number of rotatable bonds is 0. The van der Waals surface area contributed by atoms with Crippen molar-refractivity contribution in [2.45, 2.75) is 0 Å². The van der Waals surface area contributed by atoms with Crippen molar-refractivity contribution >= 4 is 43.1 Å². The zero-order valence-corrected chi connectivity index (χ0v) is 14.8. The number of phenols is 1. The van der Waals surface area contributed by atoms with Gasteiger partial charge >= 0.3 is 0 Å². The van der Waals surface area contributed by atoms with E-state index in [9.17, 15) is 5.11 Å². The van der Waals surface area contributed by atoms with Crippen LogP contribution < -0.4 is 0 Å². The minimum atomic E-state index is 0.350. The van der Waals surface area contributed by atoms with E-state index >= 15 is 0 Å². The molecule has 0 saturated heterocycles. The van der Waals surface area contributed by atoms with Gasteiger partial charge in [0, 0.05) is 5.39 Å². The lowest BCUT2D eigenvalue weighted by Gasteiger charge is -2.09. The summed E-state index contributed by atoms with van der Waals surface area (Å²) in [6.07, 6.45) is 0. The van der Waals surface area contributed by atoms with Crippen molar-refractivity contribution < 1.29 is 5.11 Å². The van der Waals surface area contributed by atoms with E-state index in [0.717, 1.165) is 10.8 Å². The second-order valence-corrected chi connectivity index (χ2v) is 6.79. The molecule has 0 amide bonds. The Balaban J connectivity index is 0.000000128. The molecule has 6 rings (SSSR count). The van der Waals surface area contributed by atoms with Gasteiger partial charge in [-0.15, -0.1) is 0 Å². The van der Waals surface area contributed by atoms with Crippen molar-refractivity contribution in [2.24, 2.45) is 0 Å². The third-order valence-corrected chi connectivity index (χ3v) is 5.16. The molecule has 0 fully saturated rings. The van der Waals surface area contributed by atoms with Crippen molar-refractivity contribution in [2.75, 3.05) is 0 Å². The molecule has 0 saturated carbocycles. The highest BCUT2D eigenvalue weighted by Crippen LogP contribution is 2.33. The van der Waals surface area contributed by atoms with Crippen LogP contribution in [0.3, 0.4) is 0 Å². The van der Waals surface area contributed by atoms with Gasteiger partial charge in [0.25, 0.3) is 0 Å². The van der Waals surface area contributed by atoms with Crippen LogP contribution in [0.1, 0.15) is 0 Å². The molecule has 1 heteroatoms. The first kappa shape index (κ1) is 15.7. The molecule has 0 bridgehead atoms. The Bertz CT molecular complexity index is 1250. The van der Waals surface area contributed by atoms with Gasteiger partial charge in [0.2, 0.25) is 0 Å². The molecule has 0 spiro atoms. The van der Waals surface area contributed by atoms with Gasteiger partial charge in [-0.3, -0.25) is 0 Å². The fourth-order valence-corrected chi connectivity index (χ4v) is 3.88. The summed E-state index contributed by atoms with van der Waals surface area (Å²) in [4.78, 5) is 0. The molecule has 1 nitrogen and oxygen atoms in total. The number of benzene rings is 6. The normalized spacial score (nSPS) is 11.1. The molecule has 27 heavy (non-hydrogen) atoms. The van der Waals surface area contributed by atoms with E-state index < -0.39 is 0 Å². The molecule has 0 atom stereocenters. The van der Waals surface area contributed by atoms with Crippen molar-refractivity contribution in [3.8, 4) is 5.75 Å². The van der Waals surface area contributed by atoms with E-state index in [1.165, 1.54) is 32.3 Å². The van der Waals surface area contributed by atoms with Gasteiger partial charge < -0.3 is 5.11 Å². The maximum absolute atomic E-state index is 9.37. The fraction of sp³-hybridized carbons (Fsp3) is 0. The predicted molar refractivity (Wildman–Crippen MR) is 116 cm³/mol.